The molecule has 0 heterocycles. The molecule has 88 valence electrons. The van der Waals surface area contributed by atoms with Gasteiger partial charge in [-0.25, -0.2) is 0 Å². The lowest BCUT2D eigenvalue weighted by Gasteiger charge is -2.40. The summed E-state index contributed by atoms with van der Waals surface area (Å²) in [6.07, 6.45) is 2.43. The lowest BCUT2D eigenvalue weighted by Crippen LogP contribution is -2.51. The summed E-state index contributed by atoms with van der Waals surface area (Å²) in [6, 6.07) is 8.29. The van der Waals surface area contributed by atoms with Crippen LogP contribution in [0.4, 0.5) is 0 Å². The predicted octanol–water partition coefficient (Wildman–Crippen LogP) is 3.18. The third-order valence-electron chi connectivity index (χ3n) is 3.07. The zero-order valence-electron chi connectivity index (χ0n) is 9.65. The van der Waals surface area contributed by atoms with Crippen molar-refractivity contribution < 1.29 is 9.47 Å². The highest BCUT2D eigenvalue weighted by Crippen LogP contribution is 2.33. The maximum atomic E-state index is 5.87. The number of benzene rings is 1. The Morgan fingerprint density at radius 2 is 2.00 bits per heavy atom. The molecule has 1 aliphatic carbocycles. The molecule has 1 aliphatic rings. The summed E-state index contributed by atoms with van der Waals surface area (Å²) in [5.41, 5.74) is 1.34. The molecule has 1 fully saturated rings. The van der Waals surface area contributed by atoms with Crippen molar-refractivity contribution >= 4 is 15.9 Å². The zero-order valence-corrected chi connectivity index (χ0v) is 11.2. The molecule has 0 aliphatic heterocycles. The topological polar surface area (TPSA) is 18.5 Å². The molecule has 1 aromatic carbocycles. The van der Waals surface area contributed by atoms with E-state index >= 15 is 0 Å². The molecule has 3 atom stereocenters. The molecule has 3 unspecified atom stereocenters. The van der Waals surface area contributed by atoms with Gasteiger partial charge in [-0.05, 0) is 24.1 Å². The van der Waals surface area contributed by atoms with Crippen LogP contribution in [0.3, 0.4) is 0 Å². The van der Waals surface area contributed by atoms with Gasteiger partial charge in [-0.1, -0.05) is 35.0 Å². The molecule has 1 saturated carbocycles. The Labute approximate surface area is 105 Å². The average Bonchev–Trinajstić information content (AvgIpc) is 2.30. The Bertz CT molecular complexity index is 336. The van der Waals surface area contributed by atoms with E-state index in [0.717, 1.165) is 18.6 Å². The lowest BCUT2D eigenvalue weighted by atomic mass is 9.91. The molecule has 16 heavy (non-hydrogen) atoms. The normalized spacial score (nSPS) is 28.6. The van der Waals surface area contributed by atoms with Gasteiger partial charge in [0.25, 0.3) is 0 Å². The summed E-state index contributed by atoms with van der Waals surface area (Å²) in [7, 11) is 1.73. The van der Waals surface area contributed by atoms with Crippen LogP contribution < -0.4 is 4.74 Å². The Kier molecular flexibility index (Phi) is 3.87. The second-order valence-corrected chi connectivity index (χ2v) is 5.28. The number of hydrogen-bond acceptors (Lipinski definition) is 2. The fourth-order valence-electron chi connectivity index (χ4n) is 1.92. The minimum atomic E-state index is 0.172. The monoisotopic (exact) mass is 284 g/mol. The van der Waals surface area contributed by atoms with Gasteiger partial charge in [-0.2, -0.15) is 0 Å². The third kappa shape index (κ3) is 2.41. The fourth-order valence-corrected chi connectivity index (χ4v) is 2.85. The van der Waals surface area contributed by atoms with Crippen molar-refractivity contribution in [2.45, 2.75) is 36.8 Å². The van der Waals surface area contributed by atoms with E-state index in [1.54, 1.807) is 7.11 Å². The molecule has 0 radical (unpaired) electrons. The molecule has 0 N–H and O–H groups in total. The van der Waals surface area contributed by atoms with Gasteiger partial charge in [0.1, 0.15) is 18.0 Å². The van der Waals surface area contributed by atoms with Gasteiger partial charge in [0.05, 0.1) is 0 Å². The van der Waals surface area contributed by atoms with Crippen molar-refractivity contribution in [3.63, 3.8) is 0 Å². The summed E-state index contributed by atoms with van der Waals surface area (Å²) in [6.45, 7) is 2.15. The SMILES string of the molecule is CCc1ccc(OC2CC(Br)C2OC)cc1. The molecule has 0 aromatic heterocycles. The van der Waals surface area contributed by atoms with Crippen LogP contribution >= 0.6 is 15.9 Å². The largest absolute Gasteiger partial charge is 0.488 e. The number of aryl methyl sites for hydroxylation is 1. The van der Waals surface area contributed by atoms with Crippen LogP contribution in [0, 0.1) is 0 Å². The first-order chi connectivity index (χ1) is 7.74. The molecule has 2 nitrogen and oxygen atoms in total. The van der Waals surface area contributed by atoms with Gasteiger partial charge in [0, 0.05) is 18.4 Å². The van der Waals surface area contributed by atoms with Crippen molar-refractivity contribution in [2.24, 2.45) is 0 Å². The van der Waals surface area contributed by atoms with E-state index in [9.17, 15) is 0 Å². The quantitative estimate of drug-likeness (QED) is 0.791. The molecule has 0 amide bonds. The summed E-state index contributed by atoms with van der Waals surface area (Å²) >= 11 is 3.56. The van der Waals surface area contributed by atoms with Crippen LogP contribution in [-0.2, 0) is 11.2 Å². The van der Waals surface area contributed by atoms with Gasteiger partial charge in [0.2, 0.25) is 0 Å². The number of ether oxygens (including phenoxy) is 2. The van der Waals surface area contributed by atoms with Crippen molar-refractivity contribution in [1.82, 2.24) is 0 Å². The second kappa shape index (κ2) is 5.19. The molecule has 0 spiro atoms. The smallest absolute Gasteiger partial charge is 0.127 e. The van der Waals surface area contributed by atoms with E-state index < -0.39 is 0 Å². The van der Waals surface area contributed by atoms with Gasteiger partial charge >= 0.3 is 0 Å². The van der Waals surface area contributed by atoms with Crippen LogP contribution in [0.1, 0.15) is 18.9 Å². The van der Waals surface area contributed by atoms with Crippen LogP contribution in [-0.4, -0.2) is 24.1 Å². The summed E-state index contributed by atoms with van der Waals surface area (Å²) in [4.78, 5) is 0.428. The molecule has 3 heteroatoms. The predicted molar refractivity (Wildman–Crippen MR) is 68.4 cm³/mol. The summed E-state index contributed by atoms with van der Waals surface area (Å²) < 4.78 is 11.2. The van der Waals surface area contributed by atoms with Crippen molar-refractivity contribution in [3.8, 4) is 5.75 Å². The first-order valence-corrected chi connectivity index (χ1v) is 6.58. The maximum absolute atomic E-state index is 5.87. The van der Waals surface area contributed by atoms with E-state index in [1.807, 2.05) is 12.1 Å². The Morgan fingerprint density at radius 3 is 2.50 bits per heavy atom. The van der Waals surface area contributed by atoms with Crippen LogP contribution in [0.15, 0.2) is 24.3 Å². The van der Waals surface area contributed by atoms with E-state index in [-0.39, 0.29) is 12.2 Å². The van der Waals surface area contributed by atoms with Crippen molar-refractivity contribution in [3.05, 3.63) is 29.8 Å². The number of rotatable bonds is 4. The molecule has 0 bridgehead atoms. The minimum Gasteiger partial charge on any atom is -0.488 e. The lowest BCUT2D eigenvalue weighted by molar-refractivity contribution is -0.0544. The highest BCUT2D eigenvalue weighted by Gasteiger charge is 2.41. The number of halogens is 1. The molecular weight excluding hydrogens is 268 g/mol. The molecule has 0 saturated heterocycles. The van der Waals surface area contributed by atoms with Gasteiger partial charge in [0.15, 0.2) is 0 Å². The molecular formula is C13H17BrO2. The molecule has 2 rings (SSSR count). The van der Waals surface area contributed by atoms with Gasteiger partial charge in [-0.15, -0.1) is 0 Å². The highest BCUT2D eigenvalue weighted by atomic mass is 79.9. The first-order valence-electron chi connectivity index (χ1n) is 5.67. The summed E-state index contributed by atoms with van der Waals surface area (Å²) in [5, 5.41) is 0. The number of alkyl halides is 1. The minimum absolute atomic E-state index is 0.172. The highest BCUT2D eigenvalue weighted by molar-refractivity contribution is 9.09. The van der Waals surface area contributed by atoms with E-state index in [1.165, 1.54) is 5.56 Å². The van der Waals surface area contributed by atoms with E-state index in [0.29, 0.717) is 4.83 Å². The fraction of sp³-hybridized carbons (Fsp3) is 0.538. The number of methoxy groups -OCH3 is 1. The maximum Gasteiger partial charge on any atom is 0.127 e. The van der Waals surface area contributed by atoms with Crippen LogP contribution in [0.25, 0.3) is 0 Å². The Hall–Kier alpha value is -0.540. The van der Waals surface area contributed by atoms with Crippen LogP contribution in [0.2, 0.25) is 0 Å². The Morgan fingerprint density at radius 1 is 1.31 bits per heavy atom. The zero-order chi connectivity index (χ0) is 11.5. The van der Waals surface area contributed by atoms with E-state index in [4.69, 9.17) is 9.47 Å². The van der Waals surface area contributed by atoms with Crippen molar-refractivity contribution in [2.75, 3.05) is 7.11 Å². The average molecular weight is 285 g/mol. The van der Waals surface area contributed by atoms with Crippen LogP contribution in [0.5, 0.6) is 5.75 Å². The molecule has 1 aromatic rings. The number of hydrogen-bond donors (Lipinski definition) is 0. The standard InChI is InChI=1S/C13H17BrO2/c1-3-9-4-6-10(7-5-9)16-12-8-11(14)13(12)15-2/h4-7,11-13H,3,8H2,1-2H3. The Balaban J connectivity index is 1.94. The second-order valence-electron chi connectivity index (χ2n) is 4.11. The summed E-state index contributed by atoms with van der Waals surface area (Å²) in [5.74, 6) is 0.934. The van der Waals surface area contributed by atoms with E-state index in [2.05, 4.69) is 35.0 Å². The first kappa shape index (κ1) is 11.9. The van der Waals surface area contributed by atoms with Gasteiger partial charge in [-0.3, -0.25) is 0 Å². The van der Waals surface area contributed by atoms with Gasteiger partial charge < -0.3 is 9.47 Å². The van der Waals surface area contributed by atoms with Crippen molar-refractivity contribution in [1.29, 1.82) is 0 Å². The third-order valence-corrected chi connectivity index (χ3v) is 3.97.